The van der Waals surface area contributed by atoms with Crippen molar-refractivity contribution in [2.45, 2.75) is 50.6 Å². The van der Waals surface area contributed by atoms with E-state index in [2.05, 4.69) is 4.72 Å². The fourth-order valence-corrected chi connectivity index (χ4v) is 6.19. The van der Waals surface area contributed by atoms with E-state index in [1.54, 1.807) is 13.8 Å². The second-order valence-electron chi connectivity index (χ2n) is 8.68. The summed E-state index contributed by atoms with van der Waals surface area (Å²) in [5.74, 6) is -3.68. The monoisotopic (exact) mass is 473 g/mol. The molecule has 2 amide bonds. The number of carbonyl (C=O) groups excluding carboxylic acids is 2. The maximum atomic E-state index is 13.4. The van der Waals surface area contributed by atoms with Crippen molar-refractivity contribution < 1.29 is 37.3 Å². The number of halogens is 3. The summed E-state index contributed by atoms with van der Waals surface area (Å²) in [7, 11) is -3.64. The summed E-state index contributed by atoms with van der Waals surface area (Å²) in [6.07, 6.45) is -4.72. The summed E-state index contributed by atoms with van der Waals surface area (Å²) in [4.78, 5) is 27.3. The van der Waals surface area contributed by atoms with Gasteiger partial charge in [-0.1, -0.05) is 0 Å². The second-order valence-corrected chi connectivity index (χ2v) is 10.7. The van der Waals surface area contributed by atoms with Crippen LogP contribution in [0.1, 0.15) is 39.7 Å². The average molecular weight is 473 g/mol. The van der Waals surface area contributed by atoms with Crippen LogP contribution in [-0.2, 0) is 30.5 Å². The van der Waals surface area contributed by atoms with E-state index in [9.17, 15) is 31.2 Å². The molecule has 3 aliphatic rings. The van der Waals surface area contributed by atoms with Crippen LogP contribution in [0.4, 0.5) is 18.9 Å². The molecule has 32 heavy (non-hydrogen) atoms. The Morgan fingerprint density at radius 3 is 2.47 bits per heavy atom. The number of nitrogens with zero attached hydrogens (tertiary/aromatic N) is 2. The Labute approximate surface area is 183 Å². The van der Waals surface area contributed by atoms with Gasteiger partial charge in [-0.15, -0.1) is 0 Å². The van der Waals surface area contributed by atoms with Crippen LogP contribution in [0.3, 0.4) is 0 Å². The summed E-state index contributed by atoms with van der Waals surface area (Å²) >= 11 is 0. The Morgan fingerprint density at radius 1 is 1.28 bits per heavy atom. The Kier molecular flexibility index (Phi) is 4.79. The number of rotatable bonds is 4. The van der Waals surface area contributed by atoms with Crippen molar-refractivity contribution in [1.82, 2.24) is 4.72 Å². The van der Waals surface area contributed by atoms with Crippen molar-refractivity contribution >= 4 is 27.5 Å². The zero-order valence-electron chi connectivity index (χ0n) is 17.4. The number of nitrogens with one attached hydrogen (secondary N) is 1. The predicted molar refractivity (Wildman–Crippen MR) is 107 cm³/mol. The van der Waals surface area contributed by atoms with Crippen molar-refractivity contribution in [1.29, 1.82) is 5.26 Å². The number of anilines is 1. The number of imide groups is 1. The molecule has 1 aromatic carbocycles. The molecule has 3 heterocycles. The van der Waals surface area contributed by atoms with E-state index < -0.39 is 68.2 Å². The molecule has 12 heteroatoms. The number of sulfonamides is 1. The molecule has 0 radical (unpaired) electrons. The molecule has 1 N–H and O–H groups in total. The third-order valence-electron chi connectivity index (χ3n) is 6.73. The van der Waals surface area contributed by atoms with Crippen LogP contribution in [0.25, 0.3) is 0 Å². The van der Waals surface area contributed by atoms with Crippen LogP contribution in [0, 0.1) is 23.2 Å². The van der Waals surface area contributed by atoms with E-state index in [0.29, 0.717) is 11.0 Å². The molecule has 2 bridgehead atoms. The Hall–Kier alpha value is -2.49. The molecule has 0 aromatic heterocycles. The summed E-state index contributed by atoms with van der Waals surface area (Å²) in [5.41, 5.74) is -4.68. The van der Waals surface area contributed by atoms with E-state index in [1.807, 2.05) is 0 Å². The van der Waals surface area contributed by atoms with E-state index in [-0.39, 0.29) is 19.3 Å². The maximum Gasteiger partial charge on any atom is 0.417 e. The quantitative estimate of drug-likeness (QED) is 0.670. The first-order chi connectivity index (χ1) is 14.7. The summed E-state index contributed by atoms with van der Waals surface area (Å²) in [6, 6.07) is 3.33. The molecule has 0 spiro atoms. The molecule has 0 saturated carbocycles. The number of hydrogen-bond acceptors (Lipinski definition) is 6. The number of ether oxygens (including phenoxy) is 1. The van der Waals surface area contributed by atoms with Gasteiger partial charge in [-0.05, 0) is 45.4 Å². The normalized spacial score (nSPS) is 34.2. The molecule has 5 atom stereocenters. The number of nitriles is 1. The van der Waals surface area contributed by atoms with E-state index >= 15 is 0 Å². The lowest BCUT2D eigenvalue weighted by molar-refractivity contribution is -0.138. The van der Waals surface area contributed by atoms with Crippen LogP contribution in [0.5, 0.6) is 0 Å². The van der Waals surface area contributed by atoms with Gasteiger partial charge < -0.3 is 4.74 Å². The van der Waals surface area contributed by atoms with Gasteiger partial charge in [0.1, 0.15) is 0 Å². The number of hydrogen-bond donors (Lipinski definition) is 1. The first-order valence-electron chi connectivity index (χ1n) is 9.88. The Bertz CT molecular complexity index is 1180. The zero-order chi connectivity index (χ0) is 23.9. The average Bonchev–Trinajstić information content (AvgIpc) is 3.21. The number of amides is 2. The van der Waals surface area contributed by atoms with Crippen molar-refractivity contribution in [2.75, 3.05) is 10.7 Å². The van der Waals surface area contributed by atoms with E-state index in [1.165, 1.54) is 13.0 Å². The third kappa shape index (κ3) is 3.06. The maximum absolute atomic E-state index is 13.4. The first kappa shape index (κ1) is 22.7. The fourth-order valence-electron chi connectivity index (χ4n) is 5.27. The Morgan fingerprint density at radius 2 is 1.91 bits per heavy atom. The van der Waals surface area contributed by atoms with Gasteiger partial charge in [0.05, 0.1) is 57.7 Å². The largest absolute Gasteiger partial charge is 0.417 e. The smallest absolute Gasteiger partial charge is 0.366 e. The van der Waals surface area contributed by atoms with E-state index in [0.717, 1.165) is 12.1 Å². The van der Waals surface area contributed by atoms with Crippen LogP contribution in [-0.4, -0.2) is 43.2 Å². The number of benzene rings is 1. The van der Waals surface area contributed by atoms with Gasteiger partial charge >= 0.3 is 6.18 Å². The molecule has 174 valence electrons. The molecular weight excluding hydrogens is 451 g/mol. The first-order valence-corrected chi connectivity index (χ1v) is 11.5. The molecule has 3 aliphatic heterocycles. The zero-order valence-corrected chi connectivity index (χ0v) is 18.2. The van der Waals surface area contributed by atoms with Crippen molar-refractivity contribution in [2.24, 2.45) is 11.8 Å². The van der Waals surface area contributed by atoms with Gasteiger partial charge in [-0.25, -0.2) is 18.0 Å². The molecule has 3 saturated heterocycles. The van der Waals surface area contributed by atoms with Gasteiger partial charge in [0.25, 0.3) is 0 Å². The van der Waals surface area contributed by atoms with E-state index in [4.69, 9.17) is 10.00 Å². The SMILES string of the molecule is CCS(=O)(=O)N[C@@H]1C[C@@]2(C)O[C@]1(C)[C@@H]1C(=O)N(c3ccc(C#N)c(C(F)(F)F)c3)C(=O)[C@@H]12.[HH]. The predicted octanol–water partition coefficient (Wildman–Crippen LogP) is 2.19. The third-order valence-corrected chi connectivity index (χ3v) is 8.13. The summed E-state index contributed by atoms with van der Waals surface area (Å²) in [6.45, 7) is 4.60. The highest BCUT2D eigenvalue weighted by atomic mass is 32.2. The van der Waals surface area contributed by atoms with Crippen LogP contribution in [0.2, 0.25) is 0 Å². The highest BCUT2D eigenvalue weighted by Crippen LogP contribution is 2.61. The van der Waals surface area contributed by atoms with Gasteiger partial charge in [0.15, 0.2) is 0 Å². The summed E-state index contributed by atoms with van der Waals surface area (Å²) < 4.78 is 73.0. The standard InChI is InChI=1S/C20H20F3N3O5S.H2/c1-4-32(29,30)25-13-8-18(2)14-15(19(13,3)31-18)17(28)26(16(14)27)11-6-5-10(9-24)12(7-11)20(21,22)23;/h5-7,13-15,25H,4,8H2,1-3H3;1H/t13-,14-,15+,18-,19+;/m1./s1. The number of carbonyl (C=O) groups is 2. The Balaban J connectivity index is 0.00000306. The van der Waals surface area contributed by atoms with Crippen LogP contribution >= 0.6 is 0 Å². The van der Waals surface area contributed by atoms with Gasteiger partial charge in [0, 0.05) is 1.43 Å². The van der Waals surface area contributed by atoms with Crippen LogP contribution < -0.4 is 9.62 Å². The lowest BCUT2D eigenvalue weighted by atomic mass is 9.67. The lowest BCUT2D eigenvalue weighted by Gasteiger charge is -2.35. The van der Waals surface area contributed by atoms with Crippen LogP contribution in [0.15, 0.2) is 18.2 Å². The molecule has 0 aliphatic carbocycles. The fraction of sp³-hybridized carbons (Fsp3) is 0.550. The molecule has 1 aromatic rings. The van der Waals surface area contributed by atoms with Crippen molar-refractivity contribution in [3.05, 3.63) is 29.3 Å². The van der Waals surface area contributed by atoms with Gasteiger partial charge in [-0.3, -0.25) is 9.59 Å². The van der Waals surface area contributed by atoms with Gasteiger partial charge in [-0.2, -0.15) is 18.4 Å². The number of alkyl halides is 3. The van der Waals surface area contributed by atoms with Crippen molar-refractivity contribution in [3.63, 3.8) is 0 Å². The highest BCUT2D eigenvalue weighted by Gasteiger charge is 2.76. The lowest BCUT2D eigenvalue weighted by Crippen LogP contribution is -2.56. The topological polar surface area (TPSA) is 117 Å². The minimum Gasteiger partial charge on any atom is -0.366 e. The second kappa shape index (κ2) is 6.76. The molecule has 3 fully saturated rings. The minimum atomic E-state index is -4.85. The molecular formula is C20H22F3N3O5S. The highest BCUT2D eigenvalue weighted by molar-refractivity contribution is 7.89. The molecule has 0 unspecified atom stereocenters. The number of fused-ring (bicyclic) bond motifs is 5. The van der Waals surface area contributed by atoms with Gasteiger partial charge in [0.2, 0.25) is 21.8 Å². The summed E-state index contributed by atoms with van der Waals surface area (Å²) in [5, 5.41) is 8.99. The molecule has 4 rings (SSSR count). The minimum absolute atomic E-state index is 0. The van der Waals surface area contributed by atoms with Crippen molar-refractivity contribution in [3.8, 4) is 6.07 Å². The molecule has 8 nitrogen and oxygen atoms in total.